The number of benzene rings is 1. The van der Waals surface area contributed by atoms with Crippen molar-refractivity contribution < 1.29 is 36.5 Å². The number of alkyl halides is 5. The molecule has 3 N–H and O–H groups in total. The van der Waals surface area contributed by atoms with Gasteiger partial charge in [0, 0.05) is 53.9 Å². The SMILES string of the molecule is Cn1cc2cc(N3C=C4NC=C(OCC(F)F)NC4=C(c4ccc(OC(F)(F)F)nc4)C3O)ccc2n1. The Bertz CT molecular complexity index is 1410. The van der Waals surface area contributed by atoms with Gasteiger partial charge in [0.05, 0.1) is 23.1 Å². The Morgan fingerprint density at radius 3 is 2.70 bits per heavy atom. The van der Waals surface area contributed by atoms with Gasteiger partial charge in [-0.05, 0) is 24.3 Å². The zero-order chi connectivity index (χ0) is 26.3. The molecule has 2 aliphatic rings. The van der Waals surface area contributed by atoms with E-state index in [2.05, 4.69) is 25.5 Å². The summed E-state index contributed by atoms with van der Waals surface area (Å²) in [6.45, 7) is -0.868. The minimum atomic E-state index is -4.92. The van der Waals surface area contributed by atoms with E-state index in [9.17, 15) is 27.1 Å². The Morgan fingerprint density at radius 2 is 2.00 bits per heavy atom. The Morgan fingerprint density at radius 1 is 1.19 bits per heavy atom. The molecule has 2 aliphatic heterocycles. The molecule has 1 aromatic carbocycles. The number of aliphatic hydroxyl groups is 1. The van der Waals surface area contributed by atoms with Gasteiger partial charge in [-0.2, -0.15) is 5.10 Å². The highest BCUT2D eigenvalue weighted by molar-refractivity contribution is 5.85. The summed E-state index contributed by atoms with van der Waals surface area (Å²) in [6.07, 6.45) is -3.13. The van der Waals surface area contributed by atoms with Crippen molar-refractivity contribution in [1.29, 1.82) is 0 Å². The van der Waals surface area contributed by atoms with Crippen molar-refractivity contribution in [3.8, 4) is 5.88 Å². The van der Waals surface area contributed by atoms with Gasteiger partial charge in [-0.25, -0.2) is 13.8 Å². The fourth-order valence-electron chi connectivity index (χ4n) is 3.99. The van der Waals surface area contributed by atoms with Gasteiger partial charge in [-0.3, -0.25) is 4.68 Å². The lowest BCUT2D eigenvalue weighted by Crippen LogP contribution is -2.42. The fourth-order valence-corrected chi connectivity index (χ4v) is 3.99. The van der Waals surface area contributed by atoms with Crippen LogP contribution in [-0.2, 0) is 11.8 Å². The summed E-state index contributed by atoms with van der Waals surface area (Å²) in [4.78, 5) is 5.24. The van der Waals surface area contributed by atoms with Crippen LogP contribution in [0.2, 0.25) is 0 Å². The highest BCUT2D eigenvalue weighted by Crippen LogP contribution is 2.37. The highest BCUT2D eigenvalue weighted by atomic mass is 19.4. The van der Waals surface area contributed by atoms with E-state index < -0.39 is 31.5 Å². The van der Waals surface area contributed by atoms with E-state index in [0.29, 0.717) is 11.4 Å². The van der Waals surface area contributed by atoms with Crippen LogP contribution in [-0.4, -0.2) is 45.5 Å². The van der Waals surface area contributed by atoms with Gasteiger partial charge in [0.15, 0.2) is 12.8 Å². The lowest BCUT2D eigenvalue weighted by Gasteiger charge is -2.37. The van der Waals surface area contributed by atoms with E-state index in [-0.39, 0.29) is 22.7 Å². The number of aromatic nitrogens is 3. The van der Waals surface area contributed by atoms with E-state index in [1.165, 1.54) is 17.2 Å². The van der Waals surface area contributed by atoms with Crippen LogP contribution in [0.3, 0.4) is 0 Å². The normalized spacial score (nSPS) is 17.7. The molecule has 0 fully saturated rings. The lowest BCUT2D eigenvalue weighted by atomic mass is 9.97. The summed E-state index contributed by atoms with van der Waals surface area (Å²) in [5.74, 6) is -0.718. The first-order valence-corrected chi connectivity index (χ1v) is 10.8. The average Bonchev–Trinajstić information content (AvgIpc) is 3.21. The Balaban J connectivity index is 1.55. The number of pyridine rings is 1. The molecular formula is C23H19F5N6O3. The maximum absolute atomic E-state index is 12.7. The number of hydrogen-bond acceptors (Lipinski definition) is 8. The van der Waals surface area contributed by atoms with Gasteiger partial charge >= 0.3 is 6.36 Å². The third-order valence-corrected chi connectivity index (χ3v) is 5.47. The molecular weight excluding hydrogens is 503 g/mol. The number of aryl methyl sites for hydroxylation is 1. The number of nitrogens with zero attached hydrogens (tertiary/aromatic N) is 4. The third kappa shape index (κ3) is 5.14. The number of rotatable bonds is 6. The molecule has 0 aliphatic carbocycles. The van der Waals surface area contributed by atoms with Gasteiger partial charge in [-0.15, -0.1) is 13.2 Å². The van der Waals surface area contributed by atoms with Crippen LogP contribution in [0, 0.1) is 0 Å². The maximum Gasteiger partial charge on any atom is 0.574 e. The first kappa shape index (κ1) is 24.4. The van der Waals surface area contributed by atoms with Gasteiger partial charge < -0.3 is 30.1 Å². The summed E-state index contributed by atoms with van der Waals surface area (Å²) in [5.41, 5.74) is 2.49. The van der Waals surface area contributed by atoms with Crippen LogP contribution in [0.25, 0.3) is 16.5 Å². The predicted octanol–water partition coefficient (Wildman–Crippen LogP) is 3.53. The molecule has 5 rings (SSSR count). The zero-order valence-corrected chi connectivity index (χ0v) is 19.0. The standard InChI is InChI=1S/C23H19F5N6O3/c1-33-9-13-6-14(3-4-15(13)32-33)34-10-16-21(31-19(8-29-16)36-11-17(24)25)20(22(34)35)12-2-5-18(30-7-12)37-23(26,27)28/h2-10,17,22,29,31,35H,11H2,1H3. The van der Waals surface area contributed by atoms with E-state index in [1.54, 1.807) is 30.1 Å². The highest BCUT2D eigenvalue weighted by Gasteiger charge is 2.34. The number of hydrogen-bond donors (Lipinski definition) is 3. The van der Waals surface area contributed by atoms with Crippen molar-refractivity contribution in [1.82, 2.24) is 25.4 Å². The second-order valence-corrected chi connectivity index (χ2v) is 8.07. The molecule has 3 aromatic rings. The molecule has 0 spiro atoms. The maximum atomic E-state index is 12.7. The van der Waals surface area contributed by atoms with Gasteiger partial charge in [-0.1, -0.05) is 0 Å². The van der Waals surface area contributed by atoms with E-state index in [4.69, 9.17) is 4.74 Å². The van der Waals surface area contributed by atoms with Crippen molar-refractivity contribution in [3.63, 3.8) is 0 Å². The van der Waals surface area contributed by atoms with Crippen LogP contribution in [0.5, 0.6) is 5.88 Å². The topological polar surface area (TPSA) is 96.7 Å². The molecule has 1 unspecified atom stereocenters. The second kappa shape index (κ2) is 9.28. The minimum Gasteiger partial charge on any atom is -0.472 e. The van der Waals surface area contributed by atoms with E-state index in [1.807, 2.05) is 12.3 Å². The van der Waals surface area contributed by atoms with Gasteiger partial charge in [0.2, 0.25) is 11.8 Å². The largest absolute Gasteiger partial charge is 0.574 e. The van der Waals surface area contributed by atoms with Crippen molar-refractivity contribution in [2.45, 2.75) is 19.0 Å². The van der Waals surface area contributed by atoms with E-state index in [0.717, 1.165) is 23.2 Å². The molecule has 14 heteroatoms. The summed E-state index contributed by atoms with van der Waals surface area (Å²) in [6, 6.07) is 7.65. The molecule has 1 atom stereocenters. The average molecular weight is 522 g/mol. The molecule has 194 valence electrons. The third-order valence-electron chi connectivity index (χ3n) is 5.47. The first-order chi connectivity index (χ1) is 17.6. The number of ether oxygens (including phenoxy) is 2. The lowest BCUT2D eigenvalue weighted by molar-refractivity contribution is -0.276. The summed E-state index contributed by atoms with van der Waals surface area (Å²) >= 11 is 0. The Hall–Kier alpha value is -4.33. The Labute approximate surface area is 206 Å². The van der Waals surface area contributed by atoms with Gasteiger partial charge in [0.1, 0.15) is 0 Å². The molecule has 0 bridgehead atoms. The molecule has 0 radical (unpaired) electrons. The predicted molar refractivity (Wildman–Crippen MR) is 121 cm³/mol. The number of halogens is 5. The second-order valence-electron chi connectivity index (χ2n) is 8.07. The van der Waals surface area contributed by atoms with Crippen molar-refractivity contribution >= 4 is 22.2 Å². The first-order valence-electron chi connectivity index (χ1n) is 10.8. The van der Waals surface area contributed by atoms with Crippen molar-refractivity contribution in [2.75, 3.05) is 11.5 Å². The number of anilines is 1. The molecule has 0 saturated heterocycles. The van der Waals surface area contributed by atoms with Crippen molar-refractivity contribution in [3.05, 3.63) is 78.0 Å². The van der Waals surface area contributed by atoms with Gasteiger partial charge in [0.25, 0.3) is 6.43 Å². The molecule has 2 aromatic heterocycles. The van der Waals surface area contributed by atoms with Crippen LogP contribution in [0.1, 0.15) is 5.56 Å². The fraction of sp³-hybridized carbons (Fsp3) is 0.217. The van der Waals surface area contributed by atoms with Crippen molar-refractivity contribution in [2.24, 2.45) is 7.05 Å². The van der Waals surface area contributed by atoms with Crippen LogP contribution >= 0.6 is 0 Å². The van der Waals surface area contributed by atoms with Crippen LogP contribution in [0.4, 0.5) is 27.6 Å². The smallest absolute Gasteiger partial charge is 0.472 e. The molecule has 0 saturated carbocycles. The molecule has 0 amide bonds. The molecule has 9 nitrogen and oxygen atoms in total. The van der Waals surface area contributed by atoms with E-state index >= 15 is 0 Å². The summed E-state index contributed by atoms with van der Waals surface area (Å²) in [5, 5.41) is 22.4. The minimum absolute atomic E-state index is 0.0348. The quantitative estimate of drug-likeness (QED) is 0.424. The number of nitrogens with one attached hydrogen (secondary N) is 2. The molecule has 37 heavy (non-hydrogen) atoms. The molecule has 4 heterocycles. The number of fused-ring (bicyclic) bond motifs is 2. The van der Waals surface area contributed by atoms with Crippen LogP contribution < -0.4 is 20.3 Å². The van der Waals surface area contributed by atoms with Crippen LogP contribution in [0.15, 0.2) is 72.4 Å². The Kier molecular flexibility index (Phi) is 6.11. The monoisotopic (exact) mass is 522 g/mol. The summed E-state index contributed by atoms with van der Waals surface area (Å²) < 4.78 is 73.6. The zero-order valence-electron chi connectivity index (χ0n) is 19.0. The number of aliphatic hydroxyl groups excluding tert-OH is 1. The summed E-state index contributed by atoms with van der Waals surface area (Å²) in [7, 11) is 1.78.